The minimum absolute atomic E-state index is 0.0537. The minimum Gasteiger partial charge on any atom is -0.480 e. The van der Waals surface area contributed by atoms with E-state index < -0.39 is 5.97 Å². The van der Waals surface area contributed by atoms with Crippen LogP contribution in [0, 0.1) is 6.92 Å². The van der Waals surface area contributed by atoms with Crippen LogP contribution in [-0.2, 0) is 11.3 Å². The largest absolute Gasteiger partial charge is 0.480 e. The molecule has 0 aromatic carbocycles. The Kier molecular flexibility index (Phi) is 2.48. The molecule has 82 valence electrons. The van der Waals surface area contributed by atoms with Crippen LogP contribution < -0.4 is 0 Å². The van der Waals surface area contributed by atoms with Crippen LogP contribution in [0.3, 0.4) is 0 Å². The molecule has 1 N–H and O–H groups in total. The lowest BCUT2D eigenvalue weighted by Crippen LogP contribution is -2.09. The fourth-order valence-electron chi connectivity index (χ4n) is 1.90. The Bertz CT molecular complexity index is 570. The van der Waals surface area contributed by atoms with E-state index >= 15 is 0 Å². The summed E-state index contributed by atoms with van der Waals surface area (Å²) in [4.78, 5) is 15.1. The summed E-state index contributed by atoms with van der Waals surface area (Å²) in [6.45, 7) is 5.56. The first-order valence-corrected chi connectivity index (χ1v) is 4.93. The fraction of sp³-hybridized carbons (Fsp3) is 0.167. The van der Waals surface area contributed by atoms with E-state index in [1.807, 2.05) is 13.0 Å². The quantitative estimate of drug-likeness (QED) is 0.854. The monoisotopic (exact) mass is 216 g/mol. The molecule has 2 heterocycles. The van der Waals surface area contributed by atoms with Crippen molar-refractivity contribution in [1.29, 1.82) is 0 Å². The topological polar surface area (TPSA) is 55.1 Å². The van der Waals surface area contributed by atoms with E-state index in [4.69, 9.17) is 5.11 Å². The highest BCUT2D eigenvalue weighted by atomic mass is 16.4. The van der Waals surface area contributed by atoms with Crippen molar-refractivity contribution in [2.45, 2.75) is 13.5 Å². The zero-order valence-corrected chi connectivity index (χ0v) is 8.97. The zero-order valence-electron chi connectivity index (χ0n) is 8.97. The van der Waals surface area contributed by atoms with Crippen molar-refractivity contribution in [1.82, 2.24) is 9.55 Å². The molecule has 16 heavy (non-hydrogen) atoms. The van der Waals surface area contributed by atoms with Crippen molar-refractivity contribution in [2.24, 2.45) is 0 Å². The van der Waals surface area contributed by atoms with E-state index in [1.165, 1.54) is 0 Å². The second-order valence-electron chi connectivity index (χ2n) is 3.55. The molecule has 0 aliphatic carbocycles. The number of hydrogen-bond donors (Lipinski definition) is 1. The van der Waals surface area contributed by atoms with Gasteiger partial charge in [0.1, 0.15) is 6.54 Å². The summed E-state index contributed by atoms with van der Waals surface area (Å²) in [5.74, 6) is -0.862. The average molecular weight is 216 g/mol. The van der Waals surface area contributed by atoms with E-state index in [-0.39, 0.29) is 6.54 Å². The lowest BCUT2D eigenvalue weighted by atomic mass is 10.2. The summed E-state index contributed by atoms with van der Waals surface area (Å²) >= 11 is 0. The summed E-state index contributed by atoms with van der Waals surface area (Å²) in [6, 6.07) is 3.66. The Labute approximate surface area is 92.8 Å². The van der Waals surface area contributed by atoms with E-state index in [9.17, 15) is 4.79 Å². The SMILES string of the molecule is C=Cc1c(C)n(CC(=O)O)c2cccnc12. The van der Waals surface area contributed by atoms with Crippen LogP contribution >= 0.6 is 0 Å². The molecule has 4 heteroatoms. The molecular formula is C12H12N2O2. The van der Waals surface area contributed by atoms with Crippen LogP contribution in [0.4, 0.5) is 0 Å². The number of pyridine rings is 1. The van der Waals surface area contributed by atoms with Gasteiger partial charge >= 0.3 is 5.97 Å². The van der Waals surface area contributed by atoms with Crippen molar-refractivity contribution < 1.29 is 9.90 Å². The van der Waals surface area contributed by atoms with E-state index in [1.54, 1.807) is 22.9 Å². The van der Waals surface area contributed by atoms with Gasteiger partial charge in [0.2, 0.25) is 0 Å². The highest BCUT2D eigenvalue weighted by Crippen LogP contribution is 2.24. The molecule has 0 spiro atoms. The molecule has 0 saturated heterocycles. The molecule has 4 nitrogen and oxygen atoms in total. The smallest absolute Gasteiger partial charge is 0.323 e. The number of fused-ring (bicyclic) bond motifs is 1. The number of aliphatic carboxylic acids is 1. The third-order valence-electron chi connectivity index (χ3n) is 2.62. The summed E-state index contributed by atoms with van der Waals surface area (Å²) in [5.41, 5.74) is 3.41. The molecular weight excluding hydrogens is 204 g/mol. The maximum Gasteiger partial charge on any atom is 0.323 e. The number of carboxylic acids is 1. The normalized spacial score (nSPS) is 10.6. The van der Waals surface area contributed by atoms with Gasteiger partial charge in [0, 0.05) is 17.5 Å². The number of carbonyl (C=O) groups is 1. The van der Waals surface area contributed by atoms with Gasteiger partial charge in [-0.2, -0.15) is 0 Å². The first kappa shape index (κ1) is 10.4. The maximum atomic E-state index is 10.8. The Morgan fingerprint density at radius 2 is 2.44 bits per heavy atom. The molecule has 0 saturated carbocycles. The number of aromatic nitrogens is 2. The molecule has 2 aromatic heterocycles. The van der Waals surface area contributed by atoms with Gasteiger partial charge in [-0.25, -0.2) is 0 Å². The third-order valence-corrected chi connectivity index (χ3v) is 2.62. The van der Waals surface area contributed by atoms with Gasteiger partial charge in [-0.15, -0.1) is 0 Å². The van der Waals surface area contributed by atoms with Crippen LogP contribution in [0.1, 0.15) is 11.3 Å². The fourth-order valence-corrected chi connectivity index (χ4v) is 1.90. The molecule has 0 radical (unpaired) electrons. The van der Waals surface area contributed by atoms with Gasteiger partial charge in [0.25, 0.3) is 0 Å². The molecule has 0 aliphatic rings. The predicted molar refractivity (Wildman–Crippen MR) is 62.2 cm³/mol. The van der Waals surface area contributed by atoms with Crippen LogP contribution in [-0.4, -0.2) is 20.6 Å². The highest BCUT2D eigenvalue weighted by molar-refractivity contribution is 5.88. The van der Waals surface area contributed by atoms with Gasteiger partial charge in [0.15, 0.2) is 0 Å². The number of carboxylic acid groups (broad SMARTS) is 1. The van der Waals surface area contributed by atoms with Crippen molar-refractivity contribution in [3.8, 4) is 0 Å². The van der Waals surface area contributed by atoms with E-state index in [0.29, 0.717) is 0 Å². The molecule has 0 amide bonds. The molecule has 0 atom stereocenters. The van der Waals surface area contributed by atoms with Crippen LogP contribution in [0.5, 0.6) is 0 Å². The maximum absolute atomic E-state index is 10.8. The Morgan fingerprint density at radius 1 is 1.69 bits per heavy atom. The summed E-state index contributed by atoms with van der Waals surface area (Å²) in [6.07, 6.45) is 3.41. The average Bonchev–Trinajstić information content (AvgIpc) is 2.52. The van der Waals surface area contributed by atoms with Crippen molar-refractivity contribution in [3.63, 3.8) is 0 Å². The Balaban J connectivity index is 2.76. The van der Waals surface area contributed by atoms with Crippen molar-refractivity contribution in [2.75, 3.05) is 0 Å². The lowest BCUT2D eigenvalue weighted by Gasteiger charge is -2.03. The Morgan fingerprint density at radius 3 is 3.06 bits per heavy atom. The molecule has 0 fully saturated rings. The number of hydrogen-bond acceptors (Lipinski definition) is 2. The second kappa shape index (κ2) is 3.81. The van der Waals surface area contributed by atoms with Gasteiger partial charge in [-0.1, -0.05) is 12.7 Å². The standard InChI is InChI=1S/C12H12N2O2/c1-3-9-8(2)14(7-11(15)16)10-5-4-6-13-12(9)10/h3-6H,1,7H2,2H3,(H,15,16). The van der Waals surface area contributed by atoms with Crippen LogP contribution in [0.15, 0.2) is 24.9 Å². The Hall–Kier alpha value is -2.10. The lowest BCUT2D eigenvalue weighted by molar-refractivity contribution is -0.137. The first-order chi connectivity index (χ1) is 7.65. The minimum atomic E-state index is -0.862. The summed E-state index contributed by atoms with van der Waals surface area (Å²) in [7, 11) is 0. The van der Waals surface area contributed by atoms with Crippen LogP contribution in [0.25, 0.3) is 17.1 Å². The summed E-state index contributed by atoms with van der Waals surface area (Å²) < 4.78 is 1.74. The van der Waals surface area contributed by atoms with Gasteiger partial charge in [0.05, 0.1) is 11.0 Å². The number of nitrogens with zero attached hydrogens (tertiary/aromatic N) is 2. The molecule has 0 unspecified atom stereocenters. The van der Waals surface area contributed by atoms with Crippen molar-refractivity contribution in [3.05, 3.63) is 36.2 Å². The van der Waals surface area contributed by atoms with Crippen LogP contribution in [0.2, 0.25) is 0 Å². The predicted octanol–water partition coefficient (Wildman–Crippen LogP) is 2.07. The van der Waals surface area contributed by atoms with Crippen molar-refractivity contribution >= 4 is 23.1 Å². The molecule has 2 aromatic rings. The summed E-state index contributed by atoms with van der Waals surface area (Å²) in [5, 5.41) is 8.87. The van der Waals surface area contributed by atoms with E-state index in [0.717, 1.165) is 22.3 Å². The van der Waals surface area contributed by atoms with Gasteiger partial charge in [-0.05, 0) is 19.1 Å². The zero-order chi connectivity index (χ0) is 11.7. The first-order valence-electron chi connectivity index (χ1n) is 4.93. The number of rotatable bonds is 3. The highest BCUT2D eigenvalue weighted by Gasteiger charge is 2.13. The van der Waals surface area contributed by atoms with Gasteiger partial charge < -0.3 is 9.67 Å². The molecule has 0 bridgehead atoms. The van der Waals surface area contributed by atoms with E-state index in [2.05, 4.69) is 11.6 Å². The molecule has 0 aliphatic heterocycles. The molecule has 2 rings (SSSR count). The van der Waals surface area contributed by atoms with Gasteiger partial charge in [-0.3, -0.25) is 9.78 Å². The third kappa shape index (κ3) is 1.48. The second-order valence-corrected chi connectivity index (χ2v) is 3.55.